The van der Waals surface area contributed by atoms with Crippen LogP contribution in [0.4, 0.5) is 0 Å². The van der Waals surface area contributed by atoms with E-state index >= 15 is 0 Å². The lowest BCUT2D eigenvalue weighted by atomic mass is 9.55. The standard InChI is InChI=1S/C40H42N2O8/c1-3-23-41(25-27-15-19-31(20-16-27)49-29-11-7-5-8-12-29)37(43)33-34(36(40(47)48)35(33)39(45)46)38(44)42(24-4-2)26-28-17-21-32(22-18-28)50-30-13-9-6-10-14-30/h5-22,33-36H,3-4,23-26H2,1-2H3,(H,45,46)(H,47,48)/t33-,34-,35-,36-/m1/s1. The van der Waals surface area contributed by atoms with E-state index in [9.17, 15) is 29.4 Å². The van der Waals surface area contributed by atoms with E-state index in [-0.39, 0.29) is 13.1 Å². The van der Waals surface area contributed by atoms with Gasteiger partial charge in [-0.3, -0.25) is 19.2 Å². The summed E-state index contributed by atoms with van der Waals surface area (Å²) in [5, 5.41) is 20.3. The molecule has 260 valence electrons. The van der Waals surface area contributed by atoms with E-state index in [4.69, 9.17) is 9.47 Å². The predicted molar refractivity (Wildman–Crippen MR) is 187 cm³/mol. The maximum Gasteiger partial charge on any atom is 0.308 e. The Bertz CT molecular complexity index is 1620. The Morgan fingerprint density at radius 2 is 0.820 bits per heavy atom. The second-order valence-corrected chi connectivity index (χ2v) is 12.4. The number of hydrogen-bond donors (Lipinski definition) is 2. The van der Waals surface area contributed by atoms with Gasteiger partial charge in [0.15, 0.2) is 0 Å². The molecule has 0 saturated heterocycles. The van der Waals surface area contributed by atoms with Crippen LogP contribution in [0.3, 0.4) is 0 Å². The van der Waals surface area contributed by atoms with Crippen molar-refractivity contribution in [1.29, 1.82) is 0 Å². The lowest BCUT2D eigenvalue weighted by molar-refractivity contribution is -0.187. The first-order chi connectivity index (χ1) is 24.2. The van der Waals surface area contributed by atoms with Gasteiger partial charge >= 0.3 is 11.9 Å². The number of carbonyl (C=O) groups is 4. The average molecular weight is 679 g/mol. The maximum absolute atomic E-state index is 14.2. The molecule has 0 spiro atoms. The molecule has 4 aromatic rings. The summed E-state index contributed by atoms with van der Waals surface area (Å²) in [5.41, 5.74) is 1.56. The molecule has 1 aliphatic carbocycles. The summed E-state index contributed by atoms with van der Waals surface area (Å²) < 4.78 is 11.8. The first-order valence-corrected chi connectivity index (χ1v) is 16.9. The highest BCUT2D eigenvalue weighted by Gasteiger charge is 2.64. The number of para-hydroxylation sites is 2. The molecule has 0 aromatic heterocycles. The molecule has 2 N–H and O–H groups in total. The Kier molecular flexibility index (Phi) is 11.9. The molecule has 0 bridgehead atoms. The van der Waals surface area contributed by atoms with Crippen molar-refractivity contribution in [3.05, 3.63) is 120 Å². The van der Waals surface area contributed by atoms with Gasteiger partial charge in [-0.05, 0) is 72.5 Å². The van der Waals surface area contributed by atoms with Crippen LogP contribution in [-0.4, -0.2) is 56.9 Å². The SMILES string of the molecule is CCCN(Cc1ccc(Oc2ccccc2)cc1)C(=O)[C@H]1[C@@H](C(=O)O)[C@H](C(=O)O)[C@@H]1C(=O)N(CCC)Cc1ccc(Oc2ccccc2)cc1. The van der Waals surface area contributed by atoms with E-state index in [0.717, 1.165) is 11.1 Å². The van der Waals surface area contributed by atoms with Crippen molar-refractivity contribution < 1.29 is 38.9 Å². The third-order valence-electron chi connectivity index (χ3n) is 8.85. The van der Waals surface area contributed by atoms with Gasteiger partial charge in [-0.2, -0.15) is 0 Å². The van der Waals surface area contributed by atoms with Gasteiger partial charge in [-0.1, -0.05) is 74.5 Å². The minimum absolute atomic E-state index is 0.163. The largest absolute Gasteiger partial charge is 0.481 e. The van der Waals surface area contributed by atoms with Crippen LogP contribution in [0.15, 0.2) is 109 Å². The van der Waals surface area contributed by atoms with E-state index in [1.54, 1.807) is 24.3 Å². The summed E-state index contributed by atoms with van der Waals surface area (Å²) in [6.07, 6.45) is 1.16. The number of carbonyl (C=O) groups excluding carboxylic acids is 2. The van der Waals surface area contributed by atoms with Crippen LogP contribution < -0.4 is 9.47 Å². The predicted octanol–water partition coefficient (Wildman–Crippen LogP) is 7.10. The number of carboxylic acid groups (broad SMARTS) is 2. The van der Waals surface area contributed by atoms with Gasteiger partial charge in [-0.15, -0.1) is 0 Å². The second kappa shape index (κ2) is 16.6. The van der Waals surface area contributed by atoms with Crippen molar-refractivity contribution in [2.24, 2.45) is 23.7 Å². The summed E-state index contributed by atoms with van der Waals surface area (Å²) in [7, 11) is 0. The van der Waals surface area contributed by atoms with Gasteiger partial charge in [0.05, 0.1) is 23.7 Å². The highest BCUT2D eigenvalue weighted by molar-refractivity contribution is 5.99. The van der Waals surface area contributed by atoms with Crippen LogP contribution in [-0.2, 0) is 32.3 Å². The summed E-state index contributed by atoms with van der Waals surface area (Å²) in [4.78, 5) is 56.4. The van der Waals surface area contributed by atoms with Gasteiger partial charge in [-0.25, -0.2) is 0 Å². The summed E-state index contributed by atoms with van der Waals surface area (Å²) in [6.45, 7) is 4.73. The van der Waals surface area contributed by atoms with Crippen molar-refractivity contribution in [3.8, 4) is 23.0 Å². The summed E-state index contributed by atoms with van der Waals surface area (Å²) >= 11 is 0. The Hall–Kier alpha value is -5.64. The lowest BCUT2D eigenvalue weighted by Gasteiger charge is -2.48. The number of ether oxygens (including phenoxy) is 2. The quantitative estimate of drug-likeness (QED) is 0.128. The lowest BCUT2D eigenvalue weighted by Crippen LogP contribution is -2.64. The number of rotatable bonds is 16. The van der Waals surface area contributed by atoms with Gasteiger partial charge in [0.1, 0.15) is 23.0 Å². The molecule has 10 heteroatoms. The molecule has 1 saturated carbocycles. The third kappa shape index (κ3) is 8.49. The monoisotopic (exact) mass is 678 g/mol. The molecular weight excluding hydrogens is 636 g/mol. The normalized spacial score (nSPS) is 18.0. The second-order valence-electron chi connectivity index (χ2n) is 12.4. The molecule has 2 amide bonds. The van der Waals surface area contributed by atoms with Gasteiger partial charge < -0.3 is 29.5 Å². The van der Waals surface area contributed by atoms with Crippen molar-refractivity contribution in [2.45, 2.75) is 39.8 Å². The average Bonchev–Trinajstić information content (AvgIpc) is 3.09. The molecular formula is C40H42N2O8. The molecule has 4 aromatic carbocycles. The van der Waals surface area contributed by atoms with Crippen LogP contribution in [0.2, 0.25) is 0 Å². The number of aliphatic carboxylic acids is 2. The Labute approximate surface area is 291 Å². The van der Waals surface area contributed by atoms with E-state index in [1.165, 1.54) is 9.80 Å². The van der Waals surface area contributed by atoms with Crippen molar-refractivity contribution in [2.75, 3.05) is 13.1 Å². The molecule has 10 nitrogen and oxygen atoms in total. The Balaban J connectivity index is 1.35. The van der Waals surface area contributed by atoms with E-state index in [0.29, 0.717) is 48.9 Å². The van der Waals surface area contributed by atoms with Gasteiger partial charge in [0.25, 0.3) is 0 Å². The fourth-order valence-electron chi connectivity index (χ4n) is 6.49. The molecule has 0 radical (unpaired) electrons. The van der Waals surface area contributed by atoms with Crippen molar-refractivity contribution >= 4 is 23.8 Å². The summed E-state index contributed by atoms with van der Waals surface area (Å²) in [6, 6.07) is 33.1. The number of amides is 2. The molecule has 50 heavy (non-hydrogen) atoms. The van der Waals surface area contributed by atoms with Gasteiger partial charge in [0, 0.05) is 26.2 Å². The minimum Gasteiger partial charge on any atom is -0.481 e. The van der Waals surface area contributed by atoms with Crippen LogP contribution in [0.5, 0.6) is 23.0 Å². The number of benzene rings is 4. The van der Waals surface area contributed by atoms with Gasteiger partial charge in [0.2, 0.25) is 11.8 Å². The topological polar surface area (TPSA) is 134 Å². The maximum atomic E-state index is 14.2. The fourth-order valence-corrected chi connectivity index (χ4v) is 6.49. The molecule has 0 heterocycles. The van der Waals surface area contributed by atoms with Crippen LogP contribution in [0, 0.1) is 23.7 Å². The zero-order valence-electron chi connectivity index (χ0n) is 28.2. The van der Waals surface area contributed by atoms with Crippen LogP contribution >= 0.6 is 0 Å². The smallest absolute Gasteiger partial charge is 0.308 e. The first-order valence-electron chi connectivity index (χ1n) is 16.9. The highest BCUT2D eigenvalue weighted by atomic mass is 16.5. The Morgan fingerprint density at radius 1 is 0.500 bits per heavy atom. The van der Waals surface area contributed by atoms with Crippen LogP contribution in [0.1, 0.15) is 37.8 Å². The summed E-state index contributed by atoms with van der Waals surface area (Å²) in [5.74, 6) is -7.03. The zero-order valence-corrected chi connectivity index (χ0v) is 28.2. The van der Waals surface area contributed by atoms with E-state index in [1.807, 2.05) is 98.8 Å². The highest BCUT2D eigenvalue weighted by Crippen LogP contribution is 2.49. The molecule has 0 aliphatic heterocycles. The first kappa shape index (κ1) is 35.7. The zero-order chi connectivity index (χ0) is 35.6. The van der Waals surface area contributed by atoms with E-state index < -0.39 is 47.4 Å². The number of carboxylic acids is 2. The fraction of sp³-hybridized carbons (Fsp3) is 0.300. The van der Waals surface area contributed by atoms with Crippen LogP contribution in [0.25, 0.3) is 0 Å². The molecule has 1 aliphatic rings. The van der Waals surface area contributed by atoms with E-state index in [2.05, 4.69) is 0 Å². The number of nitrogens with zero attached hydrogens (tertiary/aromatic N) is 2. The Morgan fingerprint density at radius 3 is 1.12 bits per heavy atom. The molecule has 4 atom stereocenters. The van der Waals surface area contributed by atoms with Crippen molar-refractivity contribution in [3.63, 3.8) is 0 Å². The van der Waals surface area contributed by atoms with Crippen molar-refractivity contribution in [1.82, 2.24) is 9.80 Å². The molecule has 1 fully saturated rings. The molecule has 5 rings (SSSR count). The minimum atomic E-state index is -1.53. The third-order valence-corrected chi connectivity index (χ3v) is 8.85. The number of hydrogen-bond acceptors (Lipinski definition) is 6. The molecule has 0 unspecified atom stereocenters.